The molecule has 1 aliphatic rings. The number of nitrogens with zero attached hydrogens (tertiary/aromatic N) is 4. The number of aromatic nitrogens is 4. The van der Waals surface area contributed by atoms with Crippen LogP contribution in [0, 0.1) is 0 Å². The van der Waals surface area contributed by atoms with Crippen LogP contribution < -0.4 is 5.56 Å². The predicted molar refractivity (Wildman–Crippen MR) is 120 cm³/mol. The number of nitrogens with one attached hydrogen (secondary N) is 1. The van der Waals surface area contributed by atoms with Gasteiger partial charge in [-0.05, 0) is 18.6 Å². The van der Waals surface area contributed by atoms with Gasteiger partial charge < -0.3 is 9.72 Å². The summed E-state index contributed by atoms with van der Waals surface area (Å²) in [5, 5.41) is 5.78. The molecule has 1 saturated heterocycles. The van der Waals surface area contributed by atoms with Gasteiger partial charge in [0.1, 0.15) is 11.9 Å². The first-order chi connectivity index (χ1) is 15.2. The van der Waals surface area contributed by atoms with E-state index in [2.05, 4.69) is 21.0 Å². The number of para-hydroxylation sites is 1. The standard InChI is InChI=1S/C24H25N5O2/c1-17(28-11-13-31-14-12-28)29-24(30)22(26-23(27-29)18-7-3-2-4-8-18)15-19-16-25-21-10-6-5-9-20(19)21/h2-10,16-17,25H,11-15H2,1H3. The molecule has 1 N–H and O–H groups in total. The van der Waals surface area contributed by atoms with Gasteiger partial charge in [0, 0.05) is 42.2 Å². The van der Waals surface area contributed by atoms with Crippen molar-refractivity contribution < 1.29 is 4.74 Å². The third-order valence-electron chi connectivity index (χ3n) is 5.89. The van der Waals surface area contributed by atoms with Crippen molar-refractivity contribution in [1.29, 1.82) is 0 Å². The van der Waals surface area contributed by atoms with E-state index < -0.39 is 0 Å². The molecule has 0 amide bonds. The predicted octanol–water partition coefficient (Wildman–Crippen LogP) is 3.23. The lowest BCUT2D eigenvalue weighted by atomic mass is 10.1. The van der Waals surface area contributed by atoms with Gasteiger partial charge in [0.05, 0.1) is 13.2 Å². The molecule has 0 radical (unpaired) electrons. The highest BCUT2D eigenvalue weighted by atomic mass is 16.5. The number of fused-ring (bicyclic) bond motifs is 1. The molecular formula is C24H25N5O2. The summed E-state index contributed by atoms with van der Waals surface area (Å²) >= 11 is 0. The Balaban J connectivity index is 1.60. The van der Waals surface area contributed by atoms with E-state index >= 15 is 0 Å². The van der Waals surface area contributed by atoms with Crippen LogP contribution in [0.15, 0.2) is 65.6 Å². The third-order valence-corrected chi connectivity index (χ3v) is 5.89. The lowest BCUT2D eigenvalue weighted by Gasteiger charge is -2.32. The summed E-state index contributed by atoms with van der Waals surface area (Å²) in [4.78, 5) is 23.7. The van der Waals surface area contributed by atoms with Crippen LogP contribution in [0.25, 0.3) is 22.3 Å². The summed E-state index contributed by atoms with van der Waals surface area (Å²) in [6.45, 7) is 4.89. The molecule has 1 unspecified atom stereocenters. The second kappa shape index (κ2) is 8.45. The highest BCUT2D eigenvalue weighted by Gasteiger charge is 2.23. The van der Waals surface area contributed by atoms with Gasteiger partial charge in [0.2, 0.25) is 0 Å². The van der Waals surface area contributed by atoms with E-state index in [0.29, 0.717) is 31.2 Å². The molecule has 158 valence electrons. The number of hydrogen-bond acceptors (Lipinski definition) is 5. The van der Waals surface area contributed by atoms with Gasteiger partial charge in [0.25, 0.3) is 5.56 Å². The van der Waals surface area contributed by atoms with Crippen molar-refractivity contribution in [2.75, 3.05) is 26.3 Å². The Morgan fingerprint density at radius 2 is 1.81 bits per heavy atom. The van der Waals surface area contributed by atoms with Crippen molar-refractivity contribution in [3.63, 3.8) is 0 Å². The van der Waals surface area contributed by atoms with Gasteiger partial charge >= 0.3 is 0 Å². The van der Waals surface area contributed by atoms with E-state index in [0.717, 1.165) is 35.1 Å². The van der Waals surface area contributed by atoms with E-state index in [-0.39, 0.29) is 11.7 Å². The topological polar surface area (TPSA) is 76.0 Å². The first kappa shape index (κ1) is 19.7. The second-order valence-electron chi connectivity index (χ2n) is 7.81. The highest BCUT2D eigenvalue weighted by molar-refractivity contribution is 5.83. The van der Waals surface area contributed by atoms with Gasteiger partial charge in [-0.15, -0.1) is 5.10 Å². The number of aromatic amines is 1. The number of ether oxygens (including phenoxy) is 1. The number of rotatable bonds is 5. The molecular weight excluding hydrogens is 390 g/mol. The Morgan fingerprint density at radius 3 is 2.61 bits per heavy atom. The van der Waals surface area contributed by atoms with Crippen LogP contribution >= 0.6 is 0 Å². The van der Waals surface area contributed by atoms with Crippen molar-refractivity contribution in [2.45, 2.75) is 19.5 Å². The van der Waals surface area contributed by atoms with E-state index in [9.17, 15) is 4.79 Å². The summed E-state index contributed by atoms with van der Waals surface area (Å²) in [7, 11) is 0. The molecule has 7 heteroatoms. The van der Waals surface area contributed by atoms with E-state index in [1.54, 1.807) is 4.68 Å². The molecule has 31 heavy (non-hydrogen) atoms. The fraction of sp³-hybridized carbons (Fsp3) is 0.292. The van der Waals surface area contributed by atoms with Crippen LogP contribution in [0.2, 0.25) is 0 Å². The number of hydrogen-bond donors (Lipinski definition) is 1. The SMILES string of the molecule is CC(N1CCOCC1)n1nc(-c2ccccc2)nc(Cc2c[nH]c3ccccc23)c1=O. The summed E-state index contributed by atoms with van der Waals surface area (Å²) in [5.74, 6) is 0.565. The van der Waals surface area contributed by atoms with Gasteiger partial charge in [-0.2, -0.15) is 0 Å². The van der Waals surface area contributed by atoms with Crippen molar-refractivity contribution >= 4 is 10.9 Å². The molecule has 0 aliphatic carbocycles. The van der Waals surface area contributed by atoms with E-state index in [4.69, 9.17) is 9.72 Å². The van der Waals surface area contributed by atoms with Crippen LogP contribution in [-0.4, -0.2) is 51.0 Å². The van der Waals surface area contributed by atoms with Gasteiger partial charge in [-0.3, -0.25) is 9.69 Å². The normalized spacial score (nSPS) is 15.9. The minimum Gasteiger partial charge on any atom is -0.379 e. The van der Waals surface area contributed by atoms with Gasteiger partial charge in [-0.25, -0.2) is 9.67 Å². The third kappa shape index (κ3) is 3.89. The maximum absolute atomic E-state index is 13.5. The summed E-state index contributed by atoms with van der Waals surface area (Å²) in [6.07, 6.45) is 2.23. The molecule has 4 aromatic rings. The molecule has 5 rings (SSSR count). The van der Waals surface area contributed by atoms with Crippen LogP contribution in [-0.2, 0) is 11.2 Å². The molecule has 2 aromatic carbocycles. The maximum Gasteiger partial charge on any atom is 0.290 e. The largest absolute Gasteiger partial charge is 0.379 e. The monoisotopic (exact) mass is 415 g/mol. The quantitative estimate of drug-likeness (QED) is 0.542. The molecule has 1 aliphatic heterocycles. The summed E-state index contributed by atoms with van der Waals surface area (Å²) in [5.41, 5.74) is 3.35. The maximum atomic E-state index is 13.5. The first-order valence-corrected chi connectivity index (χ1v) is 10.6. The zero-order chi connectivity index (χ0) is 21.2. The van der Waals surface area contributed by atoms with Crippen molar-refractivity contribution in [3.8, 4) is 11.4 Å². The lowest BCUT2D eigenvalue weighted by Crippen LogP contribution is -2.44. The number of H-pyrrole nitrogens is 1. The Labute approximate surface area is 180 Å². The molecule has 7 nitrogen and oxygen atoms in total. The smallest absolute Gasteiger partial charge is 0.290 e. The Morgan fingerprint density at radius 1 is 1.06 bits per heavy atom. The van der Waals surface area contributed by atoms with Crippen LogP contribution in [0.1, 0.15) is 24.3 Å². The minimum absolute atomic E-state index is 0.149. The zero-order valence-electron chi connectivity index (χ0n) is 17.5. The minimum atomic E-state index is -0.177. The average Bonchev–Trinajstić information content (AvgIpc) is 3.24. The van der Waals surface area contributed by atoms with Crippen LogP contribution in [0.3, 0.4) is 0 Å². The van der Waals surface area contributed by atoms with Gasteiger partial charge in [0.15, 0.2) is 5.82 Å². The van der Waals surface area contributed by atoms with Crippen molar-refractivity contribution in [1.82, 2.24) is 24.6 Å². The Kier molecular flexibility index (Phi) is 5.36. The summed E-state index contributed by atoms with van der Waals surface area (Å²) in [6, 6.07) is 17.9. The van der Waals surface area contributed by atoms with E-state index in [1.807, 2.05) is 61.7 Å². The van der Waals surface area contributed by atoms with Crippen LogP contribution in [0.5, 0.6) is 0 Å². The first-order valence-electron chi connectivity index (χ1n) is 10.6. The molecule has 0 spiro atoms. The van der Waals surface area contributed by atoms with Gasteiger partial charge in [-0.1, -0.05) is 48.5 Å². The number of benzene rings is 2. The number of morpholine rings is 1. The fourth-order valence-electron chi connectivity index (χ4n) is 4.12. The molecule has 2 aromatic heterocycles. The second-order valence-corrected chi connectivity index (χ2v) is 7.81. The Bertz CT molecular complexity index is 1240. The lowest BCUT2D eigenvalue weighted by molar-refractivity contribution is -0.000957. The molecule has 0 bridgehead atoms. The van der Waals surface area contributed by atoms with E-state index in [1.165, 1.54) is 0 Å². The van der Waals surface area contributed by atoms with Crippen molar-refractivity contribution in [3.05, 3.63) is 82.4 Å². The molecule has 0 saturated carbocycles. The van der Waals surface area contributed by atoms with Crippen molar-refractivity contribution in [2.24, 2.45) is 0 Å². The Hall–Kier alpha value is -3.29. The average molecular weight is 415 g/mol. The zero-order valence-corrected chi connectivity index (χ0v) is 17.5. The fourth-order valence-corrected chi connectivity index (χ4v) is 4.12. The highest BCUT2D eigenvalue weighted by Crippen LogP contribution is 2.21. The summed E-state index contributed by atoms with van der Waals surface area (Å²) < 4.78 is 7.07. The molecule has 1 fully saturated rings. The molecule has 3 heterocycles. The van der Waals surface area contributed by atoms with Crippen LogP contribution in [0.4, 0.5) is 0 Å². The molecule has 1 atom stereocenters.